The standard InChI is InChI=1S/C42H28FN3/c43-29-20-24-40-37(26-29)38-27-33(22-25-41(38)45(40)31-14-6-2-7-15-31)44(30-12-4-1-5-13-30)34-21-23-36-35-18-10-11-19-39(35)46(42(36)28-34)32-16-8-3-9-17-32/h1-28H. The van der Waals surface area contributed by atoms with Gasteiger partial charge >= 0.3 is 0 Å². The van der Waals surface area contributed by atoms with Crippen molar-refractivity contribution in [1.29, 1.82) is 0 Å². The van der Waals surface area contributed by atoms with E-state index in [0.29, 0.717) is 0 Å². The number of fused-ring (bicyclic) bond motifs is 6. The average Bonchev–Trinajstić information content (AvgIpc) is 3.61. The van der Waals surface area contributed by atoms with Gasteiger partial charge in [0.25, 0.3) is 0 Å². The summed E-state index contributed by atoms with van der Waals surface area (Å²) < 4.78 is 19.3. The molecule has 7 aromatic carbocycles. The van der Waals surface area contributed by atoms with Gasteiger partial charge in [-0.05, 0) is 91.0 Å². The Kier molecular flexibility index (Phi) is 6.00. The summed E-state index contributed by atoms with van der Waals surface area (Å²) in [5.74, 6) is -0.246. The maximum Gasteiger partial charge on any atom is 0.123 e. The Morgan fingerprint density at radius 1 is 0.348 bits per heavy atom. The molecule has 46 heavy (non-hydrogen) atoms. The number of rotatable bonds is 5. The largest absolute Gasteiger partial charge is 0.310 e. The molecule has 0 spiro atoms. The zero-order chi connectivity index (χ0) is 30.6. The van der Waals surface area contributed by atoms with Crippen molar-refractivity contribution in [2.75, 3.05) is 4.90 Å². The lowest BCUT2D eigenvalue weighted by molar-refractivity contribution is 0.629. The van der Waals surface area contributed by atoms with Crippen LogP contribution in [-0.4, -0.2) is 9.13 Å². The maximum absolute atomic E-state index is 14.8. The van der Waals surface area contributed by atoms with Crippen LogP contribution in [0, 0.1) is 5.82 Å². The molecule has 3 nitrogen and oxygen atoms in total. The van der Waals surface area contributed by atoms with E-state index in [2.05, 4.69) is 141 Å². The van der Waals surface area contributed by atoms with Crippen molar-refractivity contribution in [2.45, 2.75) is 0 Å². The van der Waals surface area contributed by atoms with E-state index in [-0.39, 0.29) is 5.82 Å². The Bertz CT molecular complexity index is 2530. The van der Waals surface area contributed by atoms with Gasteiger partial charge < -0.3 is 14.0 Å². The first-order valence-corrected chi connectivity index (χ1v) is 15.5. The second kappa shape index (κ2) is 10.5. The third kappa shape index (κ3) is 4.11. The van der Waals surface area contributed by atoms with Crippen molar-refractivity contribution in [3.63, 3.8) is 0 Å². The quantitative estimate of drug-likeness (QED) is 0.193. The molecular weight excluding hydrogens is 565 g/mol. The highest BCUT2D eigenvalue weighted by molar-refractivity contribution is 6.12. The summed E-state index contributed by atoms with van der Waals surface area (Å²) in [6.45, 7) is 0. The van der Waals surface area contributed by atoms with Gasteiger partial charge in [0, 0.05) is 50.0 Å². The maximum atomic E-state index is 14.8. The number of anilines is 3. The summed E-state index contributed by atoms with van der Waals surface area (Å²) in [5, 5.41) is 4.30. The van der Waals surface area contributed by atoms with Crippen LogP contribution in [0.1, 0.15) is 0 Å². The minimum atomic E-state index is -0.246. The average molecular weight is 594 g/mol. The first-order valence-electron chi connectivity index (χ1n) is 15.5. The third-order valence-electron chi connectivity index (χ3n) is 8.93. The van der Waals surface area contributed by atoms with E-state index in [1.807, 2.05) is 30.3 Å². The number of benzene rings is 7. The summed E-state index contributed by atoms with van der Waals surface area (Å²) in [5.41, 5.74) is 9.55. The van der Waals surface area contributed by atoms with Crippen LogP contribution in [0.4, 0.5) is 21.5 Å². The minimum Gasteiger partial charge on any atom is -0.310 e. The number of para-hydroxylation sites is 4. The molecule has 2 heterocycles. The lowest BCUT2D eigenvalue weighted by atomic mass is 10.1. The highest BCUT2D eigenvalue weighted by atomic mass is 19.1. The highest BCUT2D eigenvalue weighted by Crippen LogP contribution is 2.42. The number of aromatic nitrogens is 2. The molecule has 0 unspecified atom stereocenters. The second-order valence-corrected chi connectivity index (χ2v) is 11.6. The molecule has 0 saturated carbocycles. The monoisotopic (exact) mass is 593 g/mol. The van der Waals surface area contributed by atoms with Crippen LogP contribution in [0.2, 0.25) is 0 Å². The van der Waals surface area contributed by atoms with Crippen molar-refractivity contribution >= 4 is 60.7 Å². The molecule has 0 radical (unpaired) electrons. The Balaban J connectivity index is 1.31. The molecule has 218 valence electrons. The molecule has 0 amide bonds. The highest BCUT2D eigenvalue weighted by Gasteiger charge is 2.20. The predicted octanol–water partition coefficient (Wildman–Crippen LogP) is 11.5. The molecule has 0 aliphatic carbocycles. The van der Waals surface area contributed by atoms with Gasteiger partial charge in [-0.1, -0.05) is 78.9 Å². The van der Waals surface area contributed by atoms with E-state index in [1.54, 1.807) is 12.1 Å². The SMILES string of the molecule is Fc1ccc2c(c1)c1cc(N(c3ccccc3)c3ccc4c5ccccc5n(-c5ccccc5)c4c3)ccc1n2-c1ccccc1. The molecular formula is C42H28FN3. The number of halogens is 1. The lowest BCUT2D eigenvalue weighted by Crippen LogP contribution is -2.10. The molecule has 0 fully saturated rings. The lowest BCUT2D eigenvalue weighted by Gasteiger charge is -2.26. The number of hydrogen-bond acceptors (Lipinski definition) is 1. The normalized spacial score (nSPS) is 11.6. The van der Waals surface area contributed by atoms with E-state index in [9.17, 15) is 4.39 Å². The summed E-state index contributed by atoms with van der Waals surface area (Å²) in [7, 11) is 0. The van der Waals surface area contributed by atoms with Crippen molar-refractivity contribution in [1.82, 2.24) is 9.13 Å². The Morgan fingerprint density at radius 3 is 1.57 bits per heavy atom. The Morgan fingerprint density at radius 2 is 0.848 bits per heavy atom. The first-order chi connectivity index (χ1) is 22.7. The molecule has 0 bridgehead atoms. The van der Waals surface area contributed by atoms with Gasteiger partial charge in [0.15, 0.2) is 0 Å². The van der Waals surface area contributed by atoms with Crippen LogP contribution in [0.25, 0.3) is 55.0 Å². The third-order valence-corrected chi connectivity index (χ3v) is 8.93. The van der Waals surface area contributed by atoms with Crippen molar-refractivity contribution < 1.29 is 4.39 Å². The van der Waals surface area contributed by atoms with Gasteiger partial charge in [-0.2, -0.15) is 0 Å². The van der Waals surface area contributed by atoms with E-state index in [1.165, 1.54) is 16.3 Å². The molecule has 0 atom stereocenters. The van der Waals surface area contributed by atoms with Gasteiger partial charge in [-0.25, -0.2) is 4.39 Å². The van der Waals surface area contributed by atoms with Crippen molar-refractivity contribution in [3.8, 4) is 11.4 Å². The molecule has 9 rings (SSSR count). The zero-order valence-corrected chi connectivity index (χ0v) is 24.9. The van der Waals surface area contributed by atoms with Crippen molar-refractivity contribution in [2.24, 2.45) is 0 Å². The molecule has 0 saturated heterocycles. The van der Waals surface area contributed by atoms with Crippen LogP contribution in [0.5, 0.6) is 0 Å². The molecule has 0 aliphatic rings. The van der Waals surface area contributed by atoms with E-state index in [0.717, 1.165) is 55.8 Å². The summed E-state index contributed by atoms with van der Waals surface area (Å²) in [6, 6.07) is 58.1. The smallest absolute Gasteiger partial charge is 0.123 e. The van der Waals surface area contributed by atoms with Crippen LogP contribution >= 0.6 is 0 Å². The second-order valence-electron chi connectivity index (χ2n) is 11.6. The molecule has 4 heteroatoms. The Hall–Kier alpha value is -6.13. The molecule has 2 aromatic heterocycles. The van der Waals surface area contributed by atoms with Crippen LogP contribution in [0.3, 0.4) is 0 Å². The molecule has 9 aromatic rings. The first kappa shape index (κ1) is 26.3. The predicted molar refractivity (Wildman–Crippen MR) is 190 cm³/mol. The summed E-state index contributed by atoms with van der Waals surface area (Å²) >= 11 is 0. The van der Waals surface area contributed by atoms with E-state index in [4.69, 9.17) is 0 Å². The van der Waals surface area contributed by atoms with Gasteiger partial charge in [0.2, 0.25) is 0 Å². The summed E-state index contributed by atoms with van der Waals surface area (Å²) in [6.07, 6.45) is 0. The van der Waals surface area contributed by atoms with Crippen LogP contribution in [0.15, 0.2) is 170 Å². The topological polar surface area (TPSA) is 13.1 Å². The molecule has 0 aliphatic heterocycles. The van der Waals surface area contributed by atoms with Gasteiger partial charge in [-0.15, -0.1) is 0 Å². The number of nitrogens with zero attached hydrogens (tertiary/aromatic N) is 3. The van der Waals surface area contributed by atoms with Crippen LogP contribution in [-0.2, 0) is 0 Å². The molecule has 0 N–H and O–H groups in total. The van der Waals surface area contributed by atoms with E-state index >= 15 is 0 Å². The Labute approximate surface area is 265 Å². The fourth-order valence-electron chi connectivity index (χ4n) is 6.96. The van der Waals surface area contributed by atoms with E-state index < -0.39 is 0 Å². The van der Waals surface area contributed by atoms with Gasteiger partial charge in [0.1, 0.15) is 5.82 Å². The minimum absolute atomic E-state index is 0.246. The fourth-order valence-corrected chi connectivity index (χ4v) is 6.96. The zero-order valence-electron chi connectivity index (χ0n) is 24.9. The van der Waals surface area contributed by atoms with Gasteiger partial charge in [-0.3, -0.25) is 0 Å². The van der Waals surface area contributed by atoms with Crippen LogP contribution < -0.4 is 4.90 Å². The summed E-state index contributed by atoms with van der Waals surface area (Å²) in [4.78, 5) is 2.29. The number of hydrogen-bond donors (Lipinski definition) is 0. The van der Waals surface area contributed by atoms with Crippen molar-refractivity contribution in [3.05, 3.63) is 176 Å². The van der Waals surface area contributed by atoms with Gasteiger partial charge in [0.05, 0.1) is 22.1 Å². The fraction of sp³-hybridized carbons (Fsp3) is 0.